The van der Waals surface area contributed by atoms with Gasteiger partial charge in [-0.2, -0.15) is 0 Å². The highest BCUT2D eigenvalue weighted by Gasteiger charge is 2.67. The number of allylic oxidation sites excluding steroid dienone is 4. The lowest BCUT2D eigenvalue weighted by molar-refractivity contribution is -0.150. The molecule has 1 N–H and O–H groups in total. The van der Waals surface area contributed by atoms with Gasteiger partial charge in [-0.1, -0.05) is 24.5 Å². The molecule has 0 aromatic carbocycles. The zero-order chi connectivity index (χ0) is 19.6. The zero-order valence-corrected chi connectivity index (χ0v) is 17.0. The minimum absolute atomic E-state index is 0.0190. The van der Waals surface area contributed by atoms with Crippen LogP contribution in [0.4, 0.5) is 0 Å². The lowest BCUT2D eigenvalue weighted by Gasteiger charge is -2.57. The van der Waals surface area contributed by atoms with Crippen LogP contribution in [-0.4, -0.2) is 22.3 Å². The first-order valence-electron chi connectivity index (χ1n) is 9.99. The molecule has 4 aliphatic carbocycles. The summed E-state index contributed by atoms with van der Waals surface area (Å²) >= 11 is 5.84. The summed E-state index contributed by atoms with van der Waals surface area (Å²) in [5.74, 6) is 3.91. The highest BCUT2D eigenvalue weighted by atomic mass is 35.5. The first kappa shape index (κ1) is 19.0. The molecule has 0 unspecified atom stereocenters. The molecule has 0 aliphatic heterocycles. The van der Waals surface area contributed by atoms with Crippen molar-refractivity contribution in [3.8, 4) is 11.3 Å². The van der Waals surface area contributed by atoms with Gasteiger partial charge in [-0.25, -0.2) is 0 Å². The summed E-state index contributed by atoms with van der Waals surface area (Å²) in [6, 6.07) is 0. The average Bonchev–Trinajstić information content (AvgIpc) is 2.92. The summed E-state index contributed by atoms with van der Waals surface area (Å²) in [4.78, 5) is 24.5. The Hall–Kier alpha value is -1.37. The fourth-order valence-electron chi connectivity index (χ4n) is 6.96. The lowest BCUT2D eigenvalue weighted by Crippen LogP contribution is -2.57. The van der Waals surface area contributed by atoms with E-state index in [-0.39, 0.29) is 28.8 Å². The van der Waals surface area contributed by atoms with Gasteiger partial charge in [-0.15, -0.1) is 0 Å². The van der Waals surface area contributed by atoms with Crippen LogP contribution in [0.3, 0.4) is 0 Å². The zero-order valence-electron chi connectivity index (χ0n) is 16.3. The molecule has 0 heterocycles. The van der Waals surface area contributed by atoms with Crippen LogP contribution in [0, 0.1) is 39.9 Å². The van der Waals surface area contributed by atoms with Crippen molar-refractivity contribution in [3.05, 3.63) is 23.3 Å². The van der Waals surface area contributed by atoms with E-state index in [2.05, 4.69) is 31.2 Å². The second kappa shape index (κ2) is 6.06. The molecule has 0 aromatic heterocycles. The number of halogens is 1. The number of fused-ring (bicyclic) bond motifs is 5. The Kier molecular flexibility index (Phi) is 4.26. The topological polar surface area (TPSA) is 54.4 Å². The number of Topliss-reactive ketones (excluding diaryl/α,β-unsaturated/α-hetero) is 1. The van der Waals surface area contributed by atoms with Crippen LogP contribution in [0.5, 0.6) is 0 Å². The number of rotatable bonds is 1. The first-order chi connectivity index (χ1) is 12.7. The van der Waals surface area contributed by atoms with Crippen molar-refractivity contribution < 1.29 is 14.7 Å². The van der Waals surface area contributed by atoms with Crippen LogP contribution >= 0.6 is 11.6 Å². The van der Waals surface area contributed by atoms with Crippen LogP contribution < -0.4 is 0 Å². The van der Waals surface area contributed by atoms with Crippen molar-refractivity contribution in [1.29, 1.82) is 0 Å². The van der Waals surface area contributed by atoms with Gasteiger partial charge >= 0.3 is 0 Å². The molecule has 0 spiro atoms. The van der Waals surface area contributed by atoms with E-state index >= 15 is 0 Å². The molecule has 0 radical (unpaired) electrons. The van der Waals surface area contributed by atoms with Gasteiger partial charge in [0.25, 0.3) is 0 Å². The normalized spacial score (nSPS) is 45.5. The number of hydrogen-bond acceptors (Lipinski definition) is 3. The molecular weight excluding hydrogens is 360 g/mol. The molecule has 0 aromatic rings. The van der Waals surface area contributed by atoms with Gasteiger partial charge in [-0.3, -0.25) is 9.59 Å². The maximum atomic E-state index is 12.4. The van der Waals surface area contributed by atoms with Gasteiger partial charge in [0.2, 0.25) is 0 Å². The number of carbonyl (C=O) groups is 2. The van der Waals surface area contributed by atoms with Crippen LogP contribution in [0.2, 0.25) is 0 Å². The van der Waals surface area contributed by atoms with E-state index < -0.39 is 11.0 Å². The largest absolute Gasteiger partial charge is 0.380 e. The van der Waals surface area contributed by atoms with Crippen LogP contribution in [0.1, 0.15) is 59.3 Å². The average molecular weight is 387 g/mol. The highest BCUT2D eigenvalue weighted by Crippen LogP contribution is 2.67. The summed E-state index contributed by atoms with van der Waals surface area (Å²) in [7, 11) is 0. The van der Waals surface area contributed by atoms with E-state index in [4.69, 9.17) is 11.6 Å². The fraction of sp³-hybridized carbons (Fsp3) is 0.652. The van der Waals surface area contributed by atoms with E-state index in [1.54, 1.807) is 0 Å². The van der Waals surface area contributed by atoms with Gasteiger partial charge < -0.3 is 5.11 Å². The molecule has 0 bridgehead atoms. The Bertz CT molecular complexity index is 843. The Morgan fingerprint density at radius 3 is 2.63 bits per heavy atom. The smallest absolute Gasteiger partial charge is 0.162 e. The molecule has 4 heteroatoms. The lowest BCUT2D eigenvalue weighted by atomic mass is 9.47. The van der Waals surface area contributed by atoms with Crippen molar-refractivity contribution in [2.45, 2.75) is 64.9 Å². The molecule has 4 rings (SSSR count). The van der Waals surface area contributed by atoms with Crippen molar-refractivity contribution in [2.75, 3.05) is 0 Å². The van der Waals surface area contributed by atoms with Crippen molar-refractivity contribution >= 4 is 23.2 Å². The molecule has 6 atom stereocenters. The van der Waals surface area contributed by atoms with E-state index in [0.717, 1.165) is 19.3 Å². The Balaban J connectivity index is 1.85. The molecule has 4 aliphatic rings. The summed E-state index contributed by atoms with van der Waals surface area (Å²) < 4.78 is 0. The molecule has 0 amide bonds. The summed E-state index contributed by atoms with van der Waals surface area (Å²) in [6.45, 7) is 5.86. The van der Waals surface area contributed by atoms with Gasteiger partial charge in [0.05, 0.1) is 5.41 Å². The van der Waals surface area contributed by atoms with Gasteiger partial charge in [0.15, 0.2) is 11.6 Å². The third-order valence-electron chi connectivity index (χ3n) is 8.32. The van der Waals surface area contributed by atoms with Gasteiger partial charge in [0, 0.05) is 11.8 Å². The van der Waals surface area contributed by atoms with Crippen LogP contribution in [0.25, 0.3) is 0 Å². The minimum atomic E-state index is -1.41. The summed E-state index contributed by atoms with van der Waals surface area (Å²) in [5, 5.41) is 13.9. The SMILES string of the molecule is CC(=O)[C@@]1(O)CC[C@H]2[C@@H]3C=C(C)C4=CC(=O)CC[C@]4(C)[C@H]3CC[C@@]21C#CCl. The van der Waals surface area contributed by atoms with Crippen LogP contribution in [0.15, 0.2) is 23.3 Å². The van der Waals surface area contributed by atoms with E-state index in [1.807, 2.05) is 6.08 Å². The number of hydrogen-bond donors (Lipinski definition) is 1. The maximum Gasteiger partial charge on any atom is 0.162 e. The third-order valence-corrected chi connectivity index (χ3v) is 8.41. The predicted molar refractivity (Wildman–Crippen MR) is 105 cm³/mol. The molecule has 0 saturated heterocycles. The minimum Gasteiger partial charge on any atom is -0.380 e. The van der Waals surface area contributed by atoms with Crippen molar-refractivity contribution in [1.82, 2.24) is 0 Å². The quantitative estimate of drug-likeness (QED) is 0.687. The maximum absolute atomic E-state index is 12.4. The fourth-order valence-corrected chi connectivity index (χ4v) is 7.13. The molecule has 27 heavy (non-hydrogen) atoms. The Labute approximate surface area is 166 Å². The Morgan fingerprint density at radius 1 is 1.26 bits per heavy atom. The van der Waals surface area contributed by atoms with Crippen LogP contribution in [-0.2, 0) is 9.59 Å². The van der Waals surface area contributed by atoms with Gasteiger partial charge in [-0.05, 0) is 92.4 Å². The van der Waals surface area contributed by atoms with Crippen molar-refractivity contribution in [3.63, 3.8) is 0 Å². The van der Waals surface area contributed by atoms with E-state index in [0.29, 0.717) is 25.2 Å². The second-order valence-electron chi connectivity index (χ2n) is 9.27. The monoisotopic (exact) mass is 386 g/mol. The summed E-state index contributed by atoms with van der Waals surface area (Å²) in [5.41, 5.74) is 0.164. The van der Waals surface area contributed by atoms with E-state index in [1.165, 1.54) is 18.1 Å². The standard InChI is InChI=1S/C23H27ClO3/c1-14-12-17-18(21(3)7-4-16(26)13-20(14)21)5-8-22(10-11-24)19(17)6-9-23(22,27)15(2)25/h12-13,17-19,27H,4-9H2,1-3H3/t17-,18+,19+,21-,22-,23+/m1/s1. The second-order valence-corrected chi connectivity index (χ2v) is 9.46. The third kappa shape index (κ3) is 2.33. The molecule has 2 saturated carbocycles. The molecule has 3 nitrogen and oxygen atoms in total. The molecular formula is C23H27ClO3. The van der Waals surface area contributed by atoms with Crippen molar-refractivity contribution in [2.24, 2.45) is 28.6 Å². The van der Waals surface area contributed by atoms with Gasteiger partial charge in [0.1, 0.15) is 5.60 Å². The highest BCUT2D eigenvalue weighted by molar-refractivity contribution is 6.30. The predicted octanol–water partition coefficient (Wildman–Crippen LogP) is 4.18. The van der Waals surface area contributed by atoms with E-state index in [9.17, 15) is 14.7 Å². The number of aliphatic hydroxyl groups is 1. The molecule has 144 valence electrons. The Morgan fingerprint density at radius 2 is 1.96 bits per heavy atom. The first-order valence-corrected chi connectivity index (χ1v) is 10.4. The number of carbonyl (C=O) groups excluding carboxylic acids is 2. The number of ketones is 2. The molecule has 2 fully saturated rings. The summed E-state index contributed by atoms with van der Waals surface area (Å²) in [6.07, 6.45) is 8.41.